The minimum absolute atomic E-state index is 0.192. The third kappa shape index (κ3) is 1.80. The molecule has 0 spiro atoms. The van der Waals surface area contributed by atoms with Crippen molar-refractivity contribution >= 4 is 10.8 Å². The summed E-state index contributed by atoms with van der Waals surface area (Å²) in [6.07, 6.45) is 5.16. The number of fused-ring (bicyclic) bond motifs is 1. The van der Waals surface area contributed by atoms with Gasteiger partial charge in [0.2, 0.25) is 0 Å². The van der Waals surface area contributed by atoms with Crippen LogP contribution in [-0.2, 0) is 10.3 Å². The molecule has 0 atom stereocenters. The lowest BCUT2D eigenvalue weighted by Gasteiger charge is -2.44. The molecule has 0 bridgehead atoms. The zero-order valence-corrected chi connectivity index (χ0v) is 10.5. The lowest BCUT2D eigenvalue weighted by Crippen LogP contribution is -2.46. The van der Waals surface area contributed by atoms with Gasteiger partial charge in [0.15, 0.2) is 0 Å². The Morgan fingerprint density at radius 2 is 2.22 bits per heavy atom. The quantitative estimate of drug-likeness (QED) is 0.901. The molecule has 0 aliphatic heterocycles. The van der Waals surface area contributed by atoms with Crippen LogP contribution in [0.1, 0.15) is 25.3 Å². The summed E-state index contributed by atoms with van der Waals surface area (Å²) >= 11 is 0. The third-order valence-corrected chi connectivity index (χ3v) is 3.72. The van der Waals surface area contributed by atoms with E-state index in [0.29, 0.717) is 19.4 Å². The first-order chi connectivity index (χ1) is 8.73. The Hall–Kier alpha value is -1.45. The average Bonchev–Trinajstić information content (AvgIpc) is 2.36. The first kappa shape index (κ1) is 11.6. The van der Waals surface area contributed by atoms with Crippen LogP contribution in [0, 0.1) is 0 Å². The summed E-state index contributed by atoms with van der Waals surface area (Å²) in [5, 5.41) is 12.8. The molecule has 1 aliphatic rings. The van der Waals surface area contributed by atoms with E-state index < -0.39 is 5.60 Å². The summed E-state index contributed by atoms with van der Waals surface area (Å²) in [4.78, 5) is 4.12. The fraction of sp³-hybridized carbons (Fsp3) is 0.400. The number of aromatic nitrogens is 1. The van der Waals surface area contributed by atoms with Gasteiger partial charge in [-0.25, -0.2) is 0 Å². The first-order valence-corrected chi connectivity index (χ1v) is 6.40. The minimum atomic E-state index is -0.735. The third-order valence-electron chi connectivity index (χ3n) is 3.72. The van der Waals surface area contributed by atoms with E-state index in [-0.39, 0.29) is 6.10 Å². The van der Waals surface area contributed by atoms with Crippen LogP contribution in [-0.4, -0.2) is 22.8 Å². The zero-order valence-electron chi connectivity index (χ0n) is 10.5. The fourth-order valence-electron chi connectivity index (χ4n) is 2.80. The zero-order chi connectivity index (χ0) is 12.6. The topological polar surface area (TPSA) is 42.4 Å². The Kier molecular flexibility index (Phi) is 2.80. The molecule has 1 fully saturated rings. The predicted octanol–water partition coefficient (Wildman–Crippen LogP) is 2.62. The van der Waals surface area contributed by atoms with Crippen molar-refractivity contribution in [1.82, 2.24) is 4.98 Å². The Bertz CT molecular complexity index is 556. The van der Waals surface area contributed by atoms with Crippen LogP contribution in [0.15, 0.2) is 36.7 Å². The molecule has 94 valence electrons. The van der Waals surface area contributed by atoms with Gasteiger partial charge in [-0.1, -0.05) is 18.2 Å². The van der Waals surface area contributed by atoms with Gasteiger partial charge in [-0.05, 0) is 23.9 Å². The van der Waals surface area contributed by atoms with Gasteiger partial charge in [0.1, 0.15) is 0 Å². The molecule has 1 heterocycles. The number of aliphatic hydroxyl groups is 1. The van der Waals surface area contributed by atoms with Gasteiger partial charge in [0.25, 0.3) is 0 Å². The maximum Gasteiger partial charge on any atom is 0.0951 e. The van der Waals surface area contributed by atoms with Crippen LogP contribution in [0.3, 0.4) is 0 Å². The lowest BCUT2D eigenvalue weighted by atomic mass is 9.71. The van der Waals surface area contributed by atoms with Crippen molar-refractivity contribution in [3.8, 4) is 0 Å². The first-order valence-electron chi connectivity index (χ1n) is 6.40. The highest BCUT2D eigenvalue weighted by Crippen LogP contribution is 2.45. The van der Waals surface area contributed by atoms with E-state index in [9.17, 15) is 5.11 Å². The van der Waals surface area contributed by atoms with E-state index in [4.69, 9.17) is 4.74 Å². The van der Waals surface area contributed by atoms with Crippen LogP contribution >= 0.6 is 0 Å². The van der Waals surface area contributed by atoms with E-state index in [1.54, 1.807) is 6.20 Å². The molecule has 1 aromatic heterocycles. The molecule has 0 amide bonds. The summed E-state index contributed by atoms with van der Waals surface area (Å²) in [5.41, 5.74) is 0.263. The summed E-state index contributed by atoms with van der Waals surface area (Å²) in [6, 6.07) is 7.97. The van der Waals surface area contributed by atoms with Crippen LogP contribution in [0.25, 0.3) is 10.8 Å². The molecule has 1 aliphatic carbocycles. The summed E-state index contributed by atoms with van der Waals surface area (Å²) < 4.78 is 5.53. The Labute approximate surface area is 106 Å². The van der Waals surface area contributed by atoms with Crippen molar-refractivity contribution in [2.75, 3.05) is 6.61 Å². The van der Waals surface area contributed by atoms with Gasteiger partial charge >= 0.3 is 0 Å². The highest BCUT2D eigenvalue weighted by atomic mass is 16.5. The largest absolute Gasteiger partial charge is 0.385 e. The second kappa shape index (κ2) is 4.34. The maximum absolute atomic E-state index is 10.7. The van der Waals surface area contributed by atoms with Crippen molar-refractivity contribution < 1.29 is 9.84 Å². The predicted molar refractivity (Wildman–Crippen MR) is 70.3 cm³/mol. The molecule has 3 nitrogen and oxygen atoms in total. The molecule has 1 aromatic carbocycles. The van der Waals surface area contributed by atoms with Gasteiger partial charge < -0.3 is 9.84 Å². The van der Waals surface area contributed by atoms with Crippen LogP contribution in [0.4, 0.5) is 0 Å². The van der Waals surface area contributed by atoms with Crippen molar-refractivity contribution in [3.05, 3.63) is 42.2 Å². The monoisotopic (exact) mass is 243 g/mol. The molecule has 0 radical (unpaired) electrons. The van der Waals surface area contributed by atoms with Gasteiger partial charge in [0.05, 0.1) is 11.7 Å². The SMILES string of the molecule is CCOC1CC(O)(c2cccc3cnccc23)C1. The standard InChI is InChI=1S/C15H17NO2/c1-2-18-12-8-15(17,9-12)14-5-3-4-11-10-16-7-6-13(11)14/h3-7,10,12,17H,2,8-9H2,1H3. The molecule has 3 heteroatoms. The molecular weight excluding hydrogens is 226 g/mol. The highest BCUT2D eigenvalue weighted by Gasteiger charge is 2.45. The molecule has 1 saturated carbocycles. The molecule has 3 rings (SSSR count). The average molecular weight is 243 g/mol. The van der Waals surface area contributed by atoms with Crippen LogP contribution in [0.2, 0.25) is 0 Å². The number of pyridine rings is 1. The van der Waals surface area contributed by atoms with Gasteiger partial charge in [-0.3, -0.25) is 4.98 Å². The molecule has 1 N–H and O–H groups in total. The van der Waals surface area contributed by atoms with Crippen molar-refractivity contribution in [2.24, 2.45) is 0 Å². The molecule has 2 aromatic rings. The van der Waals surface area contributed by atoms with E-state index in [1.807, 2.05) is 37.4 Å². The van der Waals surface area contributed by atoms with Crippen molar-refractivity contribution in [3.63, 3.8) is 0 Å². The minimum Gasteiger partial charge on any atom is -0.385 e. The van der Waals surface area contributed by atoms with Gasteiger partial charge in [0, 0.05) is 37.2 Å². The van der Waals surface area contributed by atoms with Crippen molar-refractivity contribution in [1.29, 1.82) is 0 Å². The summed E-state index contributed by atoms with van der Waals surface area (Å²) in [7, 11) is 0. The molecular formula is C15H17NO2. The summed E-state index contributed by atoms with van der Waals surface area (Å²) in [6.45, 7) is 2.70. The molecule has 0 saturated heterocycles. The van der Waals surface area contributed by atoms with Gasteiger partial charge in [-0.2, -0.15) is 0 Å². The second-order valence-corrected chi connectivity index (χ2v) is 4.92. The van der Waals surface area contributed by atoms with Crippen LogP contribution in [0.5, 0.6) is 0 Å². The Morgan fingerprint density at radius 1 is 1.39 bits per heavy atom. The Balaban J connectivity index is 1.96. The van der Waals surface area contributed by atoms with Crippen molar-refractivity contribution in [2.45, 2.75) is 31.5 Å². The van der Waals surface area contributed by atoms with Gasteiger partial charge in [-0.15, -0.1) is 0 Å². The maximum atomic E-state index is 10.7. The summed E-state index contributed by atoms with van der Waals surface area (Å²) in [5.74, 6) is 0. The van der Waals surface area contributed by atoms with E-state index >= 15 is 0 Å². The highest BCUT2D eigenvalue weighted by molar-refractivity contribution is 5.85. The smallest absolute Gasteiger partial charge is 0.0951 e. The molecule has 0 unspecified atom stereocenters. The number of benzene rings is 1. The number of hydrogen-bond donors (Lipinski definition) is 1. The van der Waals surface area contributed by atoms with Crippen LogP contribution < -0.4 is 0 Å². The Morgan fingerprint density at radius 3 is 3.00 bits per heavy atom. The second-order valence-electron chi connectivity index (χ2n) is 4.92. The molecule has 18 heavy (non-hydrogen) atoms. The fourth-order valence-corrected chi connectivity index (χ4v) is 2.80. The number of hydrogen-bond acceptors (Lipinski definition) is 3. The lowest BCUT2D eigenvalue weighted by molar-refractivity contribution is -0.141. The number of rotatable bonds is 3. The van der Waals surface area contributed by atoms with E-state index in [0.717, 1.165) is 16.3 Å². The van der Waals surface area contributed by atoms with E-state index in [1.165, 1.54) is 0 Å². The number of ether oxygens (including phenoxy) is 1. The normalized spacial score (nSPS) is 27.1. The number of nitrogens with zero attached hydrogens (tertiary/aromatic N) is 1. The van der Waals surface area contributed by atoms with E-state index in [2.05, 4.69) is 4.98 Å².